The van der Waals surface area contributed by atoms with Crippen LogP contribution < -0.4 is 0 Å². The van der Waals surface area contributed by atoms with E-state index in [-0.39, 0.29) is 0 Å². The van der Waals surface area contributed by atoms with E-state index in [2.05, 4.69) is 11.4 Å². The fourth-order valence-electron chi connectivity index (χ4n) is 0. The fraction of sp³-hybridized carbons (Fsp3) is 0. The molecular weight excluding hydrogens is 50.0 g/mol. The number of hydrogen-bond donors (Lipinski definition) is 0. The van der Waals surface area contributed by atoms with Crippen LogP contribution in [0.1, 0.15) is 0 Å². The van der Waals surface area contributed by atoms with Crippen molar-refractivity contribution in [1.82, 2.24) is 0 Å². The van der Waals surface area contributed by atoms with Gasteiger partial charge in [0.05, 0.1) is 0 Å². The van der Waals surface area contributed by atoms with E-state index in [1.54, 1.807) is 0 Å². The Balaban J connectivity index is 2.92. The Morgan fingerprint density at radius 3 is 2.25 bits per heavy atom. The van der Waals surface area contributed by atoms with Crippen molar-refractivity contribution in [2.45, 2.75) is 0 Å². The largest absolute Gasteiger partial charge is 0.479 e. The molecule has 20 valence electrons. The van der Waals surface area contributed by atoms with E-state index >= 15 is 0 Å². The third-order valence-electron chi connectivity index (χ3n) is 0.0791. The molecule has 0 N–H and O–H groups in total. The average molecular weight is 52.1 g/mol. The quantitative estimate of drug-likeness (QED) is 0.360. The molecule has 0 radical (unpaired) electrons. The van der Waals surface area contributed by atoms with Crippen LogP contribution in [-0.4, -0.2) is 0 Å². The smallest absolute Gasteiger partial charge is 0.0741 e. The van der Waals surface area contributed by atoms with Crippen molar-refractivity contribution in [2.75, 3.05) is 0 Å². The van der Waals surface area contributed by atoms with Crippen LogP contribution in [0.25, 0.3) is 4.85 Å². The van der Waals surface area contributed by atoms with E-state index in [1.165, 1.54) is 0 Å². The van der Waals surface area contributed by atoms with Gasteiger partial charge in [0.15, 0.2) is 0 Å². The number of rotatable bonds is 0. The Kier molecular flexibility index (Phi) is 1.80. The summed E-state index contributed by atoms with van der Waals surface area (Å²) in [5.41, 5.74) is 0. The van der Waals surface area contributed by atoms with E-state index in [9.17, 15) is 0 Å². The summed E-state index contributed by atoms with van der Waals surface area (Å²) >= 11 is 0. The molecule has 0 spiro atoms. The van der Waals surface area contributed by atoms with Gasteiger partial charge in [0, 0.05) is 0 Å². The van der Waals surface area contributed by atoms with Crippen LogP contribution in [0.2, 0.25) is 0 Å². The van der Waals surface area contributed by atoms with Crippen molar-refractivity contribution in [3.05, 3.63) is 24.2 Å². The molecule has 0 bridgehead atoms. The molecule has 0 aromatic heterocycles. The molecular formula is C3H2N-. The highest BCUT2D eigenvalue weighted by Gasteiger charge is 1.08. The second kappa shape index (κ2) is 2.23. The Labute approximate surface area is 25.4 Å². The molecule has 0 saturated heterocycles. The predicted molar refractivity (Wildman–Crippen MR) is 15.5 cm³/mol. The first-order chi connectivity index (χ1) is 1.91. The van der Waals surface area contributed by atoms with Crippen LogP contribution in [-0.2, 0) is 0 Å². The summed E-state index contributed by atoms with van der Waals surface area (Å²) in [6.45, 7) is 8.90. The average Bonchev–Trinajstić information content (AvgIpc) is 1.37. The lowest BCUT2D eigenvalue weighted by Gasteiger charge is -1.59. The second-order valence-corrected chi connectivity index (χ2v) is 0.270. The number of nitrogens with zero attached hydrogens (tertiary/aromatic N) is 1. The monoisotopic (exact) mass is 52.0 g/mol. The van der Waals surface area contributed by atoms with Gasteiger partial charge in [-0.2, -0.15) is 0 Å². The molecule has 0 fully saturated rings. The molecule has 0 aliphatic rings. The first kappa shape index (κ1) is 3.23. The fourth-order valence-corrected chi connectivity index (χ4v) is 0. The summed E-state index contributed by atoms with van der Waals surface area (Å²) in [5.74, 6) is 0. The van der Waals surface area contributed by atoms with Crippen LogP contribution in [0.3, 0.4) is 0 Å². The van der Waals surface area contributed by atoms with Gasteiger partial charge in [-0.1, -0.05) is 6.20 Å². The lowest BCUT2D eigenvalue weighted by atomic mass is 11.1. The highest BCUT2D eigenvalue weighted by atomic mass is 14.6. The van der Waals surface area contributed by atoms with Gasteiger partial charge in [0.25, 0.3) is 0 Å². The summed E-state index contributed by atoms with van der Waals surface area (Å²) in [6, 6.07) is 0. The van der Waals surface area contributed by atoms with E-state index < -0.39 is 0 Å². The zero-order valence-corrected chi connectivity index (χ0v) is 2.15. The maximum Gasteiger partial charge on any atom is -0.0741 e. The maximum absolute atomic E-state index is 5.90. The van der Waals surface area contributed by atoms with E-state index in [0.29, 0.717) is 0 Å². The maximum atomic E-state index is 5.90. The van der Waals surface area contributed by atoms with Crippen molar-refractivity contribution < 1.29 is 0 Å². The molecule has 0 rings (SSSR count). The Bertz CT molecular complexity index is 48.8. The molecule has 0 aromatic carbocycles. The van der Waals surface area contributed by atoms with Crippen LogP contribution in [0, 0.1) is 12.8 Å². The first-order valence-corrected chi connectivity index (χ1v) is 0.801. The van der Waals surface area contributed by atoms with E-state index in [1.807, 2.05) is 6.20 Å². The second-order valence-electron chi connectivity index (χ2n) is 0.270. The Morgan fingerprint density at radius 2 is 2.25 bits per heavy atom. The Morgan fingerprint density at radius 1 is 2.00 bits per heavy atom. The molecule has 0 atom stereocenters. The topological polar surface area (TPSA) is 4.36 Å². The zero-order valence-electron chi connectivity index (χ0n) is 2.15. The van der Waals surface area contributed by atoms with Gasteiger partial charge in [-0.25, -0.2) is 6.58 Å². The van der Waals surface area contributed by atoms with Gasteiger partial charge < -0.3 is 4.85 Å². The molecule has 0 aromatic rings. The van der Waals surface area contributed by atoms with Gasteiger partial charge >= 0.3 is 0 Å². The number of hydrogen-bond acceptors (Lipinski definition) is 0. The molecule has 0 amide bonds. The van der Waals surface area contributed by atoms with Crippen molar-refractivity contribution in [3.8, 4) is 0 Å². The molecule has 1 nitrogen and oxygen atoms in total. The molecule has 0 unspecified atom stereocenters. The minimum Gasteiger partial charge on any atom is -0.479 e. The van der Waals surface area contributed by atoms with Crippen molar-refractivity contribution in [2.24, 2.45) is 0 Å². The standard InChI is InChI=1S/C3H2N/c1-3-4-2/h1H2/q-1. The summed E-state index contributed by atoms with van der Waals surface area (Å²) in [5, 5.41) is 0. The lowest BCUT2D eigenvalue weighted by molar-refractivity contribution is 2.00. The summed E-state index contributed by atoms with van der Waals surface area (Å²) in [7, 11) is 0. The lowest BCUT2D eigenvalue weighted by Crippen LogP contribution is -1.15. The Hall–Kier alpha value is -0.770. The molecule has 4 heavy (non-hydrogen) atoms. The first-order valence-electron chi connectivity index (χ1n) is 0.801. The molecule has 0 saturated carbocycles. The van der Waals surface area contributed by atoms with Gasteiger partial charge in [0.1, 0.15) is 0 Å². The van der Waals surface area contributed by atoms with Gasteiger partial charge in [-0.15, -0.1) is 0 Å². The zero-order chi connectivity index (χ0) is 3.41. The summed E-state index contributed by atoms with van der Waals surface area (Å²) in [4.78, 5) is 2.62. The van der Waals surface area contributed by atoms with E-state index in [4.69, 9.17) is 6.57 Å². The normalized spacial score (nSPS) is 3.75. The molecule has 0 heterocycles. The van der Waals surface area contributed by atoms with Crippen molar-refractivity contribution in [1.29, 1.82) is 0 Å². The predicted octanol–water partition coefficient (Wildman–Crippen LogP) is 0.852. The summed E-state index contributed by atoms with van der Waals surface area (Å²) < 4.78 is 0. The van der Waals surface area contributed by atoms with Crippen LogP contribution >= 0.6 is 0 Å². The minimum atomic E-state index is 1.97. The third-order valence-corrected chi connectivity index (χ3v) is 0.0791. The van der Waals surface area contributed by atoms with Crippen molar-refractivity contribution in [3.63, 3.8) is 0 Å². The van der Waals surface area contributed by atoms with Gasteiger partial charge in [-0.3, -0.25) is 6.57 Å². The van der Waals surface area contributed by atoms with Gasteiger partial charge in [0.2, 0.25) is 0 Å². The summed E-state index contributed by atoms with van der Waals surface area (Å²) in [6.07, 6.45) is 1.97. The highest BCUT2D eigenvalue weighted by molar-refractivity contribution is 4.64. The molecule has 1 heteroatoms. The van der Waals surface area contributed by atoms with Gasteiger partial charge in [-0.05, 0) is 0 Å². The van der Waals surface area contributed by atoms with E-state index in [0.717, 1.165) is 0 Å². The third kappa shape index (κ3) is 1.23. The highest BCUT2D eigenvalue weighted by Crippen LogP contribution is 1.49. The van der Waals surface area contributed by atoms with Crippen LogP contribution in [0.15, 0.2) is 6.58 Å². The molecule has 0 aliphatic carbocycles. The van der Waals surface area contributed by atoms with Crippen LogP contribution in [0.5, 0.6) is 0 Å². The van der Waals surface area contributed by atoms with Crippen molar-refractivity contribution >= 4 is 0 Å². The molecule has 0 aliphatic heterocycles. The minimum absolute atomic E-state index is 1.97. The SMILES string of the molecule is [C-]#[N+][C-]=C. The van der Waals surface area contributed by atoms with Crippen LogP contribution in [0.4, 0.5) is 0 Å².